The smallest absolute Gasteiger partial charge is 0.260 e. The number of rotatable bonds is 4. The molecule has 0 saturated carbocycles. The summed E-state index contributed by atoms with van der Waals surface area (Å²) < 4.78 is 4.07. The van der Waals surface area contributed by atoms with E-state index in [0.717, 1.165) is 35.0 Å². The van der Waals surface area contributed by atoms with E-state index in [4.69, 9.17) is 23.2 Å². The second-order valence-electron chi connectivity index (χ2n) is 7.73. The highest BCUT2D eigenvalue weighted by Crippen LogP contribution is 2.33. The zero-order valence-corrected chi connectivity index (χ0v) is 21.0. The van der Waals surface area contributed by atoms with Crippen molar-refractivity contribution in [3.8, 4) is 11.4 Å². The van der Waals surface area contributed by atoms with Gasteiger partial charge in [-0.1, -0.05) is 86.6 Å². The van der Waals surface area contributed by atoms with Crippen molar-refractivity contribution in [3.05, 3.63) is 101 Å². The predicted octanol–water partition coefficient (Wildman–Crippen LogP) is 4.50. The number of hydrogen-bond acceptors (Lipinski definition) is 0. The van der Waals surface area contributed by atoms with E-state index < -0.39 is 0 Å². The Morgan fingerprint density at radius 1 is 0.719 bits per heavy atom. The van der Waals surface area contributed by atoms with Crippen molar-refractivity contribution in [2.75, 3.05) is 0 Å². The highest BCUT2D eigenvalue weighted by atomic mass is 79.9. The van der Waals surface area contributed by atoms with Crippen molar-refractivity contribution in [2.24, 2.45) is 0 Å². The minimum atomic E-state index is 0. The molecule has 0 aliphatic heterocycles. The maximum Gasteiger partial charge on any atom is 0.260 e. The van der Waals surface area contributed by atoms with Crippen LogP contribution < -0.4 is 21.5 Å². The lowest BCUT2D eigenvalue weighted by Crippen LogP contribution is -3.00. The fourth-order valence-electron chi connectivity index (χ4n) is 4.47. The highest BCUT2D eigenvalue weighted by molar-refractivity contribution is 6.40. The molecule has 0 aliphatic carbocycles. The van der Waals surface area contributed by atoms with E-state index in [2.05, 4.69) is 86.6 Å². The lowest BCUT2D eigenvalue weighted by molar-refractivity contribution is -0.591. The average molecular weight is 526 g/mol. The Hall–Kier alpha value is -2.33. The molecule has 4 aromatic carbocycles. The van der Waals surface area contributed by atoms with E-state index in [9.17, 15) is 0 Å². The van der Waals surface area contributed by atoms with Crippen molar-refractivity contribution in [3.63, 3.8) is 0 Å². The van der Waals surface area contributed by atoms with Gasteiger partial charge in [-0.05, 0) is 57.9 Å². The third kappa shape index (κ3) is 3.63. The van der Waals surface area contributed by atoms with Crippen LogP contribution in [0.5, 0.6) is 0 Å². The van der Waals surface area contributed by atoms with Gasteiger partial charge < -0.3 is 17.0 Å². The first-order valence-corrected chi connectivity index (χ1v) is 11.4. The maximum atomic E-state index is 6.88. The van der Waals surface area contributed by atoms with Gasteiger partial charge in [0.2, 0.25) is 0 Å². The van der Waals surface area contributed by atoms with Crippen LogP contribution >= 0.6 is 23.2 Å². The van der Waals surface area contributed by atoms with E-state index in [0.29, 0.717) is 10.3 Å². The predicted molar refractivity (Wildman–Crippen MR) is 131 cm³/mol. The SMILES string of the molecule is CCc1ccc2ccccc2c1-n1c[n+](-c2c(CC)ccc3ccccc23)c(Cl)c1Cl.[Br-]. The van der Waals surface area contributed by atoms with E-state index in [1.54, 1.807) is 0 Å². The number of hydrogen-bond donors (Lipinski definition) is 0. The van der Waals surface area contributed by atoms with Crippen LogP contribution in [0.4, 0.5) is 0 Å². The molecule has 0 unspecified atom stereocenters. The molecule has 0 aliphatic rings. The summed E-state index contributed by atoms with van der Waals surface area (Å²) in [6.07, 6.45) is 3.84. The number of imidazole rings is 1. The van der Waals surface area contributed by atoms with Gasteiger partial charge in [-0.25, -0.2) is 0 Å². The Labute approximate surface area is 208 Å². The largest absolute Gasteiger partial charge is 1.00 e. The molecule has 0 N–H and O–H groups in total. The van der Waals surface area contributed by atoms with Gasteiger partial charge in [0.05, 0.1) is 0 Å². The molecule has 162 valence electrons. The molecule has 5 aromatic rings. The van der Waals surface area contributed by atoms with Crippen molar-refractivity contribution in [1.29, 1.82) is 0 Å². The minimum Gasteiger partial charge on any atom is -1.00 e. The van der Waals surface area contributed by atoms with Crippen LogP contribution in [-0.2, 0) is 12.8 Å². The van der Waals surface area contributed by atoms with Crippen LogP contribution in [0.1, 0.15) is 25.0 Å². The second-order valence-corrected chi connectivity index (χ2v) is 8.45. The summed E-state index contributed by atoms with van der Waals surface area (Å²) >= 11 is 13.8. The molecule has 0 amide bonds. The Morgan fingerprint density at radius 3 is 1.94 bits per heavy atom. The number of aromatic nitrogens is 2. The summed E-state index contributed by atoms with van der Waals surface area (Å²) in [7, 11) is 0. The summed E-state index contributed by atoms with van der Waals surface area (Å²) in [6.45, 7) is 4.33. The van der Waals surface area contributed by atoms with Crippen LogP contribution in [0.3, 0.4) is 0 Å². The molecule has 5 heteroatoms. The van der Waals surface area contributed by atoms with Crippen molar-refractivity contribution in [2.45, 2.75) is 26.7 Å². The van der Waals surface area contributed by atoms with Crippen LogP contribution in [0, 0.1) is 0 Å². The Balaban J connectivity index is 0.00000245. The van der Waals surface area contributed by atoms with Crippen molar-refractivity contribution >= 4 is 44.7 Å². The molecule has 1 aromatic heterocycles. The number of nitrogens with zero attached hydrogens (tertiary/aromatic N) is 2. The van der Waals surface area contributed by atoms with E-state index in [-0.39, 0.29) is 17.0 Å². The quantitative estimate of drug-likeness (QED) is 0.305. The van der Waals surface area contributed by atoms with E-state index in [1.165, 1.54) is 21.9 Å². The Morgan fingerprint density at radius 2 is 1.28 bits per heavy atom. The van der Waals surface area contributed by atoms with Crippen molar-refractivity contribution in [1.82, 2.24) is 4.57 Å². The van der Waals surface area contributed by atoms with Gasteiger partial charge in [0.25, 0.3) is 16.6 Å². The number of aryl methyl sites for hydroxylation is 2. The van der Waals surface area contributed by atoms with Crippen molar-refractivity contribution < 1.29 is 21.5 Å². The second kappa shape index (κ2) is 9.27. The third-order valence-corrected chi connectivity index (χ3v) is 6.86. The van der Waals surface area contributed by atoms with Gasteiger partial charge in [-0.15, -0.1) is 0 Å². The lowest BCUT2D eigenvalue weighted by atomic mass is 10.0. The van der Waals surface area contributed by atoms with Gasteiger partial charge in [0, 0.05) is 10.8 Å². The van der Waals surface area contributed by atoms with Gasteiger partial charge >= 0.3 is 0 Å². The van der Waals surface area contributed by atoms with Crippen LogP contribution in [0.15, 0.2) is 79.1 Å². The number of halogens is 3. The monoisotopic (exact) mass is 524 g/mol. The molecular weight excluding hydrogens is 503 g/mol. The molecule has 0 saturated heterocycles. The molecule has 1 heterocycles. The Kier molecular flexibility index (Phi) is 6.62. The van der Waals surface area contributed by atoms with Crippen LogP contribution in [-0.4, -0.2) is 4.57 Å². The lowest BCUT2D eigenvalue weighted by Gasteiger charge is -2.10. The topological polar surface area (TPSA) is 8.81 Å². The fourth-order valence-corrected chi connectivity index (χ4v) is 4.91. The molecule has 0 atom stereocenters. The first-order valence-electron chi connectivity index (χ1n) is 10.6. The third-order valence-electron chi connectivity index (χ3n) is 6.04. The summed E-state index contributed by atoms with van der Waals surface area (Å²) in [6, 6.07) is 25.5. The summed E-state index contributed by atoms with van der Waals surface area (Å²) in [5.41, 5.74) is 4.63. The number of fused-ring (bicyclic) bond motifs is 2. The first kappa shape index (κ1) is 22.8. The summed E-state index contributed by atoms with van der Waals surface area (Å²) in [4.78, 5) is 0. The molecule has 2 nitrogen and oxygen atoms in total. The van der Waals surface area contributed by atoms with Crippen LogP contribution in [0.25, 0.3) is 32.9 Å². The minimum absolute atomic E-state index is 0. The van der Waals surface area contributed by atoms with E-state index >= 15 is 0 Å². The standard InChI is InChI=1S/C27H23Cl2N2.BrH/c1-3-18-13-15-20-9-5-7-11-22(20)24(18)30-17-31(27(29)26(30)28)25-19(4-2)14-16-21-10-6-8-12-23(21)25;/h5-17H,3-4H2,1-2H3;1H/q+1;/p-1. The zero-order valence-electron chi connectivity index (χ0n) is 17.9. The summed E-state index contributed by atoms with van der Waals surface area (Å²) in [5.74, 6) is 0. The molecule has 0 spiro atoms. The molecular formula is C27H23BrCl2N2. The molecule has 0 radical (unpaired) electrons. The fraction of sp³-hybridized carbons (Fsp3) is 0.148. The van der Waals surface area contributed by atoms with Gasteiger partial charge in [-0.2, -0.15) is 9.13 Å². The van der Waals surface area contributed by atoms with Gasteiger partial charge in [0.15, 0.2) is 0 Å². The highest BCUT2D eigenvalue weighted by Gasteiger charge is 2.28. The normalized spacial score (nSPS) is 11.1. The van der Waals surface area contributed by atoms with Gasteiger partial charge in [-0.3, -0.25) is 0 Å². The molecule has 32 heavy (non-hydrogen) atoms. The Bertz CT molecular complexity index is 1330. The van der Waals surface area contributed by atoms with Gasteiger partial charge in [0.1, 0.15) is 11.4 Å². The molecule has 5 rings (SSSR count). The zero-order chi connectivity index (χ0) is 21.5. The maximum absolute atomic E-state index is 6.88. The van der Waals surface area contributed by atoms with Crippen LogP contribution in [0.2, 0.25) is 10.3 Å². The number of benzene rings is 4. The molecule has 0 fully saturated rings. The summed E-state index contributed by atoms with van der Waals surface area (Å²) in [5, 5.41) is 5.72. The van der Waals surface area contributed by atoms with E-state index in [1.807, 2.05) is 15.5 Å². The molecule has 0 bridgehead atoms. The average Bonchev–Trinajstić information content (AvgIpc) is 3.11. The first-order chi connectivity index (χ1) is 15.1.